The van der Waals surface area contributed by atoms with E-state index in [-0.39, 0.29) is 5.57 Å². The SMILES string of the molecule is Cc1ccc(C=C(C#N)C(=O)Nc2ncc(Cc3ccccc3)s2)cc1. The maximum Gasteiger partial charge on any atom is 0.268 e. The van der Waals surface area contributed by atoms with E-state index in [4.69, 9.17) is 0 Å². The van der Waals surface area contributed by atoms with Gasteiger partial charge in [-0.05, 0) is 24.1 Å². The molecule has 0 bridgehead atoms. The van der Waals surface area contributed by atoms with Crippen LogP contribution in [0.1, 0.15) is 21.6 Å². The Balaban J connectivity index is 1.69. The highest BCUT2D eigenvalue weighted by molar-refractivity contribution is 7.15. The van der Waals surface area contributed by atoms with Crippen LogP contribution in [-0.4, -0.2) is 10.9 Å². The molecule has 1 heterocycles. The first kappa shape index (κ1) is 17.6. The Morgan fingerprint density at radius 2 is 1.92 bits per heavy atom. The van der Waals surface area contributed by atoms with Crippen molar-refractivity contribution in [2.24, 2.45) is 0 Å². The van der Waals surface area contributed by atoms with E-state index < -0.39 is 5.91 Å². The zero-order valence-electron chi connectivity index (χ0n) is 14.3. The van der Waals surface area contributed by atoms with Gasteiger partial charge in [0.1, 0.15) is 11.6 Å². The van der Waals surface area contributed by atoms with Crippen molar-refractivity contribution in [2.45, 2.75) is 13.3 Å². The molecular weight excluding hydrogens is 342 g/mol. The summed E-state index contributed by atoms with van der Waals surface area (Å²) in [7, 11) is 0. The summed E-state index contributed by atoms with van der Waals surface area (Å²) in [6.07, 6.45) is 4.09. The van der Waals surface area contributed by atoms with Gasteiger partial charge in [0, 0.05) is 17.5 Å². The van der Waals surface area contributed by atoms with Crippen LogP contribution in [0.15, 0.2) is 66.4 Å². The lowest BCUT2D eigenvalue weighted by Gasteiger charge is -2.01. The summed E-state index contributed by atoms with van der Waals surface area (Å²) in [5.41, 5.74) is 3.17. The van der Waals surface area contributed by atoms with Crippen molar-refractivity contribution >= 4 is 28.5 Å². The molecule has 0 saturated carbocycles. The van der Waals surface area contributed by atoms with Gasteiger partial charge in [-0.15, -0.1) is 11.3 Å². The number of hydrogen-bond acceptors (Lipinski definition) is 4. The van der Waals surface area contributed by atoms with Crippen LogP contribution in [0.2, 0.25) is 0 Å². The molecule has 1 aromatic heterocycles. The third-order valence-electron chi connectivity index (χ3n) is 3.75. The molecule has 26 heavy (non-hydrogen) atoms. The highest BCUT2D eigenvalue weighted by atomic mass is 32.1. The van der Waals surface area contributed by atoms with Crippen molar-refractivity contribution < 1.29 is 4.79 Å². The Hall–Kier alpha value is -3.23. The van der Waals surface area contributed by atoms with Crippen molar-refractivity contribution in [1.82, 2.24) is 4.98 Å². The Bertz CT molecular complexity index is 966. The predicted molar refractivity (Wildman–Crippen MR) is 105 cm³/mol. The summed E-state index contributed by atoms with van der Waals surface area (Å²) in [5.74, 6) is -0.450. The molecule has 0 unspecified atom stereocenters. The number of aromatic nitrogens is 1. The fourth-order valence-electron chi connectivity index (χ4n) is 2.39. The van der Waals surface area contributed by atoms with Crippen LogP contribution in [0.3, 0.4) is 0 Å². The summed E-state index contributed by atoms with van der Waals surface area (Å²) in [4.78, 5) is 17.6. The predicted octanol–water partition coefficient (Wildman–Crippen LogP) is 4.59. The Kier molecular flexibility index (Phi) is 5.57. The minimum Gasteiger partial charge on any atom is -0.297 e. The highest BCUT2D eigenvalue weighted by Gasteiger charge is 2.12. The molecule has 4 nitrogen and oxygen atoms in total. The Labute approximate surface area is 156 Å². The largest absolute Gasteiger partial charge is 0.297 e. The molecular formula is C21H17N3OS. The number of carbonyl (C=O) groups is 1. The van der Waals surface area contributed by atoms with Gasteiger partial charge < -0.3 is 0 Å². The smallest absolute Gasteiger partial charge is 0.268 e. The van der Waals surface area contributed by atoms with Gasteiger partial charge in [-0.3, -0.25) is 10.1 Å². The average molecular weight is 359 g/mol. The minimum absolute atomic E-state index is 0.0497. The lowest BCUT2D eigenvalue weighted by molar-refractivity contribution is -0.112. The summed E-state index contributed by atoms with van der Waals surface area (Å²) in [6, 6.07) is 19.7. The number of thiazole rings is 1. The van der Waals surface area contributed by atoms with E-state index in [1.54, 1.807) is 12.3 Å². The second kappa shape index (κ2) is 8.24. The molecule has 0 saturated heterocycles. The van der Waals surface area contributed by atoms with Crippen molar-refractivity contribution in [1.29, 1.82) is 5.26 Å². The minimum atomic E-state index is -0.450. The molecule has 3 aromatic rings. The number of hydrogen-bond donors (Lipinski definition) is 1. The summed E-state index contributed by atoms with van der Waals surface area (Å²) in [6.45, 7) is 1.99. The number of anilines is 1. The second-order valence-electron chi connectivity index (χ2n) is 5.83. The van der Waals surface area contributed by atoms with Crippen LogP contribution in [0.5, 0.6) is 0 Å². The van der Waals surface area contributed by atoms with Gasteiger partial charge in [0.05, 0.1) is 0 Å². The van der Waals surface area contributed by atoms with E-state index in [0.29, 0.717) is 5.13 Å². The maximum atomic E-state index is 12.3. The van der Waals surface area contributed by atoms with Crippen molar-refractivity contribution in [2.75, 3.05) is 5.32 Å². The zero-order valence-corrected chi connectivity index (χ0v) is 15.1. The molecule has 0 fully saturated rings. The molecule has 128 valence electrons. The van der Waals surface area contributed by atoms with E-state index in [1.165, 1.54) is 16.9 Å². The monoisotopic (exact) mass is 359 g/mol. The number of aryl methyl sites for hydroxylation is 1. The van der Waals surface area contributed by atoms with Gasteiger partial charge in [0.15, 0.2) is 5.13 Å². The highest BCUT2D eigenvalue weighted by Crippen LogP contribution is 2.22. The third-order valence-corrected chi connectivity index (χ3v) is 4.66. The van der Waals surface area contributed by atoms with E-state index >= 15 is 0 Å². The number of benzene rings is 2. The molecule has 5 heteroatoms. The standard InChI is InChI=1S/C21H17N3OS/c1-15-7-9-17(10-8-15)11-18(13-22)20(25)24-21-23-14-19(26-21)12-16-5-3-2-4-6-16/h2-11,14H,12H2,1H3,(H,23,24,25). The normalized spacial score (nSPS) is 11.0. The summed E-state index contributed by atoms with van der Waals surface area (Å²) >= 11 is 1.41. The zero-order chi connectivity index (χ0) is 18.4. The fraction of sp³-hybridized carbons (Fsp3) is 0.0952. The number of amides is 1. The molecule has 3 rings (SSSR count). The number of nitrogens with one attached hydrogen (secondary N) is 1. The first-order valence-corrected chi connectivity index (χ1v) is 8.94. The second-order valence-corrected chi connectivity index (χ2v) is 6.94. The molecule has 1 N–H and O–H groups in total. The van der Waals surface area contributed by atoms with Crippen LogP contribution in [0, 0.1) is 18.3 Å². The van der Waals surface area contributed by atoms with Crippen molar-refractivity contribution in [3.63, 3.8) is 0 Å². The van der Waals surface area contributed by atoms with E-state index in [9.17, 15) is 10.1 Å². The van der Waals surface area contributed by atoms with Crippen molar-refractivity contribution in [3.8, 4) is 6.07 Å². The summed E-state index contributed by atoms with van der Waals surface area (Å²) in [5, 5.41) is 12.5. The quantitative estimate of drug-likeness (QED) is 0.535. The molecule has 1 amide bonds. The van der Waals surface area contributed by atoms with Gasteiger partial charge in [0.25, 0.3) is 5.91 Å². The molecule has 0 spiro atoms. The molecule has 0 atom stereocenters. The molecule has 0 aliphatic carbocycles. The number of carbonyl (C=O) groups excluding carboxylic acids is 1. The lowest BCUT2D eigenvalue weighted by Crippen LogP contribution is -2.13. The number of rotatable bonds is 5. The van der Waals surface area contributed by atoms with Gasteiger partial charge in [-0.25, -0.2) is 4.98 Å². The van der Waals surface area contributed by atoms with E-state index in [0.717, 1.165) is 22.4 Å². The molecule has 0 aliphatic heterocycles. The summed E-state index contributed by atoms with van der Waals surface area (Å²) < 4.78 is 0. The third kappa shape index (κ3) is 4.65. The van der Waals surface area contributed by atoms with Crippen LogP contribution in [0.25, 0.3) is 6.08 Å². The Morgan fingerprint density at radius 3 is 2.62 bits per heavy atom. The van der Waals surface area contributed by atoms with Gasteiger partial charge in [-0.1, -0.05) is 60.2 Å². The van der Waals surface area contributed by atoms with Gasteiger partial charge >= 0.3 is 0 Å². The average Bonchev–Trinajstić information content (AvgIpc) is 3.08. The van der Waals surface area contributed by atoms with Crippen molar-refractivity contribution in [3.05, 3.63) is 87.9 Å². The lowest BCUT2D eigenvalue weighted by atomic mass is 10.1. The van der Waals surface area contributed by atoms with Crippen LogP contribution >= 0.6 is 11.3 Å². The topological polar surface area (TPSA) is 65.8 Å². The molecule has 0 radical (unpaired) electrons. The van der Waals surface area contributed by atoms with Crippen LogP contribution in [0.4, 0.5) is 5.13 Å². The van der Waals surface area contributed by atoms with Crippen LogP contribution < -0.4 is 5.32 Å². The first-order valence-electron chi connectivity index (χ1n) is 8.12. The fourth-order valence-corrected chi connectivity index (χ4v) is 3.23. The van der Waals surface area contributed by atoms with Crippen LogP contribution in [-0.2, 0) is 11.2 Å². The number of nitrogens with zero attached hydrogens (tertiary/aromatic N) is 2. The van der Waals surface area contributed by atoms with Gasteiger partial charge in [-0.2, -0.15) is 5.26 Å². The number of nitriles is 1. The van der Waals surface area contributed by atoms with E-state index in [1.807, 2.05) is 55.5 Å². The van der Waals surface area contributed by atoms with E-state index in [2.05, 4.69) is 22.4 Å². The first-order chi connectivity index (χ1) is 12.6. The van der Waals surface area contributed by atoms with Gasteiger partial charge in [0.2, 0.25) is 0 Å². The molecule has 2 aromatic carbocycles. The Morgan fingerprint density at radius 1 is 1.19 bits per heavy atom. The molecule has 0 aliphatic rings. The maximum absolute atomic E-state index is 12.3.